The smallest absolute Gasteiger partial charge is 0.223 e. The summed E-state index contributed by atoms with van der Waals surface area (Å²) in [7, 11) is 0. The molecule has 6 heteroatoms. The molecule has 1 saturated heterocycles. The Morgan fingerprint density at radius 2 is 2.03 bits per heavy atom. The third-order valence-corrected chi connectivity index (χ3v) is 6.05. The Bertz CT molecular complexity index is 1040. The zero-order chi connectivity index (χ0) is 21.8. The summed E-state index contributed by atoms with van der Waals surface area (Å²) >= 11 is 0. The number of aryl methyl sites for hydroxylation is 1. The number of carbonyl (C=O) groups excluding carboxylic acids is 1. The van der Waals surface area contributed by atoms with Crippen LogP contribution >= 0.6 is 0 Å². The average molecular weight is 424 g/mol. The van der Waals surface area contributed by atoms with Gasteiger partial charge in [-0.1, -0.05) is 37.3 Å². The van der Waals surface area contributed by atoms with Gasteiger partial charge in [0.25, 0.3) is 0 Å². The molecule has 4 nitrogen and oxygen atoms in total. The molecule has 2 atom stereocenters. The first-order valence-corrected chi connectivity index (χ1v) is 10.8. The molecule has 0 aliphatic carbocycles. The number of amides is 1. The number of benzene rings is 2. The molecule has 0 N–H and O–H groups in total. The Kier molecular flexibility index (Phi) is 6.44. The van der Waals surface area contributed by atoms with Crippen LogP contribution in [0.15, 0.2) is 59.1 Å². The first kappa shape index (κ1) is 21.2. The van der Waals surface area contributed by atoms with Crippen molar-refractivity contribution >= 4 is 5.91 Å². The highest BCUT2D eigenvalue weighted by Crippen LogP contribution is 2.34. The van der Waals surface area contributed by atoms with Crippen molar-refractivity contribution in [1.82, 2.24) is 9.88 Å². The molecule has 2 aromatic carbocycles. The van der Waals surface area contributed by atoms with Gasteiger partial charge >= 0.3 is 0 Å². The van der Waals surface area contributed by atoms with E-state index in [0.29, 0.717) is 18.2 Å². The second-order valence-corrected chi connectivity index (χ2v) is 7.96. The van der Waals surface area contributed by atoms with Crippen LogP contribution in [-0.2, 0) is 11.2 Å². The first-order chi connectivity index (χ1) is 15.1. The van der Waals surface area contributed by atoms with Crippen LogP contribution in [0.2, 0.25) is 0 Å². The molecule has 162 valence electrons. The maximum atomic E-state index is 14.0. The number of oxazole rings is 1. The number of rotatable bonds is 7. The van der Waals surface area contributed by atoms with Gasteiger partial charge in [-0.05, 0) is 37.0 Å². The van der Waals surface area contributed by atoms with E-state index in [1.807, 2.05) is 23.1 Å². The summed E-state index contributed by atoms with van der Waals surface area (Å²) in [6, 6.07) is 13.9. The third kappa shape index (κ3) is 4.68. The minimum absolute atomic E-state index is 0.0876. The lowest BCUT2D eigenvalue weighted by Crippen LogP contribution is -2.39. The van der Waals surface area contributed by atoms with Crippen molar-refractivity contribution in [2.75, 3.05) is 6.54 Å². The quantitative estimate of drug-likeness (QED) is 0.486. The predicted octanol–water partition coefficient (Wildman–Crippen LogP) is 5.74. The van der Waals surface area contributed by atoms with Crippen LogP contribution in [0.25, 0.3) is 11.3 Å². The van der Waals surface area contributed by atoms with E-state index >= 15 is 0 Å². The molecule has 2 heterocycles. The van der Waals surface area contributed by atoms with E-state index in [1.54, 1.807) is 0 Å². The SMILES string of the molecule is CC[C@@H](c1ccccc1)[C@H]1CCCN1C(=O)CCc1ncc(-c2ccc(F)cc2F)o1. The molecule has 1 aliphatic rings. The molecule has 1 aromatic heterocycles. The van der Waals surface area contributed by atoms with Gasteiger partial charge in [0.05, 0.1) is 11.8 Å². The van der Waals surface area contributed by atoms with Gasteiger partial charge in [-0.2, -0.15) is 0 Å². The summed E-state index contributed by atoms with van der Waals surface area (Å²) in [5.41, 5.74) is 1.42. The molecule has 0 radical (unpaired) electrons. The maximum absolute atomic E-state index is 14.0. The fourth-order valence-corrected chi connectivity index (χ4v) is 4.55. The van der Waals surface area contributed by atoms with Gasteiger partial charge < -0.3 is 9.32 Å². The lowest BCUT2D eigenvalue weighted by Gasteiger charge is -2.31. The van der Waals surface area contributed by atoms with Gasteiger partial charge in [0.2, 0.25) is 5.91 Å². The number of carbonyl (C=O) groups is 1. The summed E-state index contributed by atoms with van der Waals surface area (Å²) in [6.07, 6.45) is 5.03. The molecular formula is C25H26F2N2O2. The second kappa shape index (κ2) is 9.41. The number of likely N-dealkylation sites (tertiary alicyclic amines) is 1. The zero-order valence-corrected chi connectivity index (χ0v) is 17.6. The second-order valence-electron chi connectivity index (χ2n) is 7.96. The van der Waals surface area contributed by atoms with Gasteiger partial charge in [-0.25, -0.2) is 13.8 Å². The Morgan fingerprint density at radius 3 is 2.77 bits per heavy atom. The van der Waals surface area contributed by atoms with E-state index in [9.17, 15) is 13.6 Å². The fourth-order valence-electron chi connectivity index (χ4n) is 4.55. The van der Waals surface area contributed by atoms with Crippen molar-refractivity contribution in [2.24, 2.45) is 0 Å². The summed E-state index contributed by atoms with van der Waals surface area (Å²) in [4.78, 5) is 19.2. The minimum atomic E-state index is -0.704. The Balaban J connectivity index is 1.41. The van der Waals surface area contributed by atoms with E-state index < -0.39 is 11.6 Å². The molecule has 1 fully saturated rings. The fraction of sp³-hybridized carbons (Fsp3) is 0.360. The highest BCUT2D eigenvalue weighted by Gasteiger charge is 2.34. The number of hydrogen-bond acceptors (Lipinski definition) is 3. The highest BCUT2D eigenvalue weighted by atomic mass is 19.1. The van der Waals surface area contributed by atoms with Crippen LogP contribution in [0.5, 0.6) is 0 Å². The van der Waals surface area contributed by atoms with E-state index in [4.69, 9.17) is 4.42 Å². The predicted molar refractivity (Wildman–Crippen MR) is 114 cm³/mol. The minimum Gasteiger partial charge on any atom is -0.441 e. The molecule has 0 bridgehead atoms. The van der Waals surface area contributed by atoms with E-state index in [-0.39, 0.29) is 29.7 Å². The van der Waals surface area contributed by atoms with E-state index in [2.05, 4.69) is 24.0 Å². The van der Waals surface area contributed by atoms with E-state index in [1.165, 1.54) is 23.9 Å². The first-order valence-electron chi connectivity index (χ1n) is 10.8. The van der Waals surface area contributed by atoms with Crippen LogP contribution in [0.1, 0.15) is 50.0 Å². The van der Waals surface area contributed by atoms with Crippen LogP contribution in [0.3, 0.4) is 0 Å². The summed E-state index contributed by atoms with van der Waals surface area (Å²) in [5.74, 6) is -0.336. The Hall–Kier alpha value is -3.02. The summed E-state index contributed by atoms with van der Waals surface area (Å²) in [6.45, 7) is 2.94. The Morgan fingerprint density at radius 1 is 1.23 bits per heavy atom. The van der Waals surface area contributed by atoms with Crippen LogP contribution < -0.4 is 0 Å². The van der Waals surface area contributed by atoms with Crippen molar-refractivity contribution in [1.29, 1.82) is 0 Å². The average Bonchev–Trinajstić information content (AvgIpc) is 3.44. The van der Waals surface area contributed by atoms with Crippen LogP contribution in [0.4, 0.5) is 8.78 Å². The van der Waals surface area contributed by atoms with E-state index in [0.717, 1.165) is 31.9 Å². The number of aromatic nitrogens is 1. The molecule has 1 aliphatic heterocycles. The molecule has 0 saturated carbocycles. The zero-order valence-electron chi connectivity index (χ0n) is 17.6. The van der Waals surface area contributed by atoms with Crippen molar-refractivity contribution < 1.29 is 18.0 Å². The van der Waals surface area contributed by atoms with Gasteiger partial charge in [-0.3, -0.25) is 4.79 Å². The molecule has 31 heavy (non-hydrogen) atoms. The summed E-state index contributed by atoms with van der Waals surface area (Å²) < 4.78 is 32.7. The lowest BCUT2D eigenvalue weighted by molar-refractivity contribution is -0.132. The molecular weight excluding hydrogens is 398 g/mol. The lowest BCUT2D eigenvalue weighted by atomic mass is 9.87. The standard InChI is InChI=1S/C25H26F2N2O2/c1-2-19(17-7-4-3-5-8-17)22-9-6-14-29(22)25(30)13-12-24-28-16-23(31-24)20-11-10-18(26)15-21(20)27/h3-5,7-8,10-11,15-16,19,22H,2,6,9,12-14H2,1H3/t19-,22+/m0/s1. The van der Waals surface area contributed by atoms with Gasteiger partial charge in [-0.15, -0.1) is 0 Å². The third-order valence-electron chi connectivity index (χ3n) is 6.05. The maximum Gasteiger partial charge on any atom is 0.223 e. The van der Waals surface area contributed by atoms with Crippen LogP contribution in [-0.4, -0.2) is 28.4 Å². The molecule has 3 aromatic rings. The van der Waals surface area contributed by atoms with Crippen molar-refractivity contribution in [3.63, 3.8) is 0 Å². The molecule has 0 spiro atoms. The number of hydrogen-bond donors (Lipinski definition) is 0. The number of halogens is 2. The monoisotopic (exact) mass is 424 g/mol. The molecule has 1 amide bonds. The molecule has 0 unspecified atom stereocenters. The molecule has 4 rings (SSSR count). The Labute approximate surface area is 180 Å². The normalized spacial score (nSPS) is 17.1. The van der Waals surface area contributed by atoms with Crippen molar-refractivity contribution in [3.05, 3.63) is 77.8 Å². The van der Waals surface area contributed by atoms with Gasteiger partial charge in [0.15, 0.2) is 11.7 Å². The van der Waals surface area contributed by atoms with Gasteiger partial charge in [0, 0.05) is 37.4 Å². The van der Waals surface area contributed by atoms with Crippen molar-refractivity contribution in [2.45, 2.75) is 51.0 Å². The summed E-state index contributed by atoms with van der Waals surface area (Å²) in [5, 5.41) is 0. The van der Waals surface area contributed by atoms with Crippen LogP contribution in [0, 0.1) is 11.6 Å². The highest BCUT2D eigenvalue weighted by molar-refractivity contribution is 5.77. The van der Waals surface area contributed by atoms with Gasteiger partial charge in [0.1, 0.15) is 11.6 Å². The van der Waals surface area contributed by atoms with Crippen molar-refractivity contribution in [3.8, 4) is 11.3 Å². The topological polar surface area (TPSA) is 46.3 Å². The number of nitrogens with zero attached hydrogens (tertiary/aromatic N) is 2. The largest absolute Gasteiger partial charge is 0.441 e.